The summed E-state index contributed by atoms with van der Waals surface area (Å²) in [5, 5.41) is 11.5. The molecule has 1 N–H and O–H groups in total. The molecule has 0 bridgehead atoms. The molecule has 0 unspecified atom stereocenters. The van der Waals surface area contributed by atoms with Crippen molar-refractivity contribution in [3.8, 4) is 5.75 Å². The average molecular weight is 328 g/mol. The van der Waals surface area contributed by atoms with E-state index >= 15 is 0 Å². The van der Waals surface area contributed by atoms with E-state index < -0.39 is 0 Å². The summed E-state index contributed by atoms with van der Waals surface area (Å²) in [5.41, 5.74) is 1.13. The molecule has 1 saturated heterocycles. The van der Waals surface area contributed by atoms with Crippen LogP contribution in [0.3, 0.4) is 0 Å². The van der Waals surface area contributed by atoms with Crippen molar-refractivity contribution in [3.05, 3.63) is 30.5 Å². The maximum atomic E-state index is 5.46. The minimum Gasteiger partial charge on any atom is -0.495 e. The van der Waals surface area contributed by atoms with Gasteiger partial charge in [-0.1, -0.05) is 12.1 Å². The fourth-order valence-corrected chi connectivity index (χ4v) is 2.83. The molecule has 0 aliphatic carbocycles. The molecule has 7 heteroatoms. The van der Waals surface area contributed by atoms with Crippen LogP contribution in [-0.2, 0) is 0 Å². The lowest BCUT2D eigenvalue weighted by Crippen LogP contribution is -2.47. The Morgan fingerprint density at radius 2 is 1.79 bits per heavy atom. The van der Waals surface area contributed by atoms with Crippen molar-refractivity contribution in [3.63, 3.8) is 0 Å². The van der Waals surface area contributed by atoms with Crippen LogP contribution in [0.5, 0.6) is 5.75 Å². The smallest absolute Gasteiger partial charge is 0.247 e. The highest BCUT2D eigenvalue weighted by atomic mass is 16.5. The molecule has 1 aromatic carbocycles. The molecule has 1 aliphatic heterocycles. The predicted molar refractivity (Wildman–Crippen MR) is 96.0 cm³/mol. The van der Waals surface area contributed by atoms with Crippen LogP contribution >= 0.6 is 0 Å². The molecule has 2 heterocycles. The number of hydrogen-bond acceptors (Lipinski definition) is 7. The summed E-state index contributed by atoms with van der Waals surface area (Å²) >= 11 is 0. The van der Waals surface area contributed by atoms with Gasteiger partial charge in [0.15, 0.2) is 5.82 Å². The lowest BCUT2D eigenvalue weighted by atomic mass is 10.2. The van der Waals surface area contributed by atoms with Crippen LogP contribution in [0.25, 0.3) is 0 Å². The molecule has 1 fully saturated rings. The van der Waals surface area contributed by atoms with Crippen LogP contribution in [-0.4, -0.2) is 54.5 Å². The minimum absolute atomic E-state index is 0.317. The van der Waals surface area contributed by atoms with Crippen molar-refractivity contribution in [1.82, 2.24) is 15.2 Å². The second kappa shape index (κ2) is 7.33. The van der Waals surface area contributed by atoms with Gasteiger partial charge in [-0.05, 0) is 26.0 Å². The summed E-state index contributed by atoms with van der Waals surface area (Å²) in [4.78, 5) is 9.07. The molecule has 0 amide bonds. The van der Waals surface area contributed by atoms with Gasteiger partial charge in [-0.2, -0.15) is 10.1 Å². The lowest BCUT2D eigenvalue weighted by molar-refractivity contribution is 0.413. The predicted octanol–water partition coefficient (Wildman–Crippen LogP) is 2.03. The van der Waals surface area contributed by atoms with Crippen molar-refractivity contribution < 1.29 is 4.74 Å². The number of piperazine rings is 1. The van der Waals surface area contributed by atoms with Crippen LogP contribution in [0.4, 0.5) is 17.5 Å². The number of ether oxygens (including phenoxy) is 1. The van der Waals surface area contributed by atoms with Crippen molar-refractivity contribution in [2.75, 3.05) is 48.4 Å². The molecule has 128 valence electrons. The Kier molecular flexibility index (Phi) is 4.98. The summed E-state index contributed by atoms with van der Waals surface area (Å²) in [6.45, 7) is 7.65. The Labute approximate surface area is 142 Å². The summed E-state index contributed by atoms with van der Waals surface area (Å²) in [7, 11) is 1.71. The number of nitrogens with zero attached hydrogens (tertiary/aromatic N) is 5. The first-order valence-electron chi connectivity index (χ1n) is 8.26. The van der Waals surface area contributed by atoms with Gasteiger partial charge in [0, 0.05) is 32.2 Å². The maximum Gasteiger partial charge on any atom is 0.247 e. The van der Waals surface area contributed by atoms with Crippen LogP contribution < -0.4 is 19.9 Å². The molecule has 2 aromatic rings. The van der Waals surface area contributed by atoms with E-state index in [0.29, 0.717) is 12.0 Å². The Bertz CT molecular complexity index is 670. The van der Waals surface area contributed by atoms with Crippen molar-refractivity contribution in [2.45, 2.75) is 19.9 Å². The summed E-state index contributed by atoms with van der Waals surface area (Å²) in [6, 6.07) is 8.44. The molecular weight excluding hydrogens is 304 g/mol. The van der Waals surface area contributed by atoms with Gasteiger partial charge in [0.1, 0.15) is 5.75 Å². The first-order valence-corrected chi connectivity index (χ1v) is 8.26. The number of aromatic nitrogens is 3. The van der Waals surface area contributed by atoms with Gasteiger partial charge in [-0.3, -0.25) is 0 Å². The van der Waals surface area contributed by atoms with Crippen LogP contribution in [0.2, 0.25) is 0 Å². The number of nitrogens with one attached hydrogen (secondary N) is 1. The van der Waals surface area contributed by atoms with Crippen molar-refractivity contribution >= 4 is 17.5 Å². The van der Waals surface area contributed by atoms with Crippen LogP contribution in [0.1, 0.15) is 13.8 Å². The molecule has 0 saturated carbocycles. The Morgan fingerprint density at radius 1 is 1.08 bits per heavy atom. The zero-order valence-electron chi connectivity index (χ0n) is 14.4. The number of methoxy groups -OCH3 is 1. The van der Waals surface area contributed by atoms with Crippen LogP contribution in [0.15, 0.2) is 30.5 Å². The number of benzene rings is 1. The molecule has 1 aliphatic rings. The third kappa shape index (κ3) is 3.67. The first-order chi connectivity index (χ1) is 11.7. The topological polar surface area (TPSA) is 66.4 Å². The van der Waals surface area contributed by atoms with E-state index in [1.54, 1.807) is 13.3 Å². The average Bonchev–Trinajstić information content (AvgIpc) is 2.61. The van der Waals surface area contributed by atoms with Gasteiger partial charge >= 0.3 is 0 Å². The third-order valence-electron chi connectivity index (χ3n) is 3.97. The number of anilines is 3. The Morgan fingerprint density at radius 3 is 2.50 bits per heavy atom. The Hall–Kier alpha value is -2.57. The second-order valence-corrected chi connectivity index (χ2v) is 6.09. The molecule has 0 spiro atoms. The normalized spacial score (nSPS) is 14.8. The van der Waals surface area contributed by atoms with E-state index in [1.807, 2.05) is 18.2 Å². The highest BCUT2D eigenvalue weighted by molar-refractivity contribution is 5.59. The largest absolute Gasteiger partial charge is 0.495 e. The zero-order valence-corrected chi connectivity index (χ0v) is 14.4. The van der Waals surface area contributed by atoms with Gasteiger partial charge in [-0.15, -0.1) is 5.10 Å². The molecule has 24 heavy (non-hydrogen) atoms. The molecule has 3 rings (SSSR count). The van der Waals surface area contributed by atoms with E-state index in [-0.39, 0.29) is 0 Å². The fraction of sp³-hybridized carbons (Fsp3) is 0.471. The standard InChI is InChI=1S/C17H24N6O/c1-13(2)19-16-12-18-21-17(20-16)23-10-8-22(9-11-23)14-6-4-5-7-15(14)24-3/h4-7,12-13H,8-11H2,1-3H3,(H,19,20,21). The maximum absolute atomic E-state index is 5.46. The van der Waals surface area contributed by atoms with Gasteiger partial charge in [0.2, 0.25) is 5.95 Å². The minimum atomic E-state index is 0.317. The van der Waals surface area contributed by atoms with Crippen LogP contribution in [0, 0.1) is 0 Å². The summed E-state index contributed by atoms with van der Waals surface area (Å²) < 4.78 is 5.46. The van der Waals surface area contributed by atoms with E-state index in [9.17, 15) is 0 Å². The molecule has 0 radical (unpaired) electrons. The molecule has 1 aromatic heterocycles. The second-order valence-electron chi connectivity index (χ2n) is 6.09. The summed E-state index contributed by atoms with van der Waals surface area (Å²) in [5.74, 6) is 2.36. The van der Waals surface area contributed by atoms with E-state index in [2.05, 4.69) is 50.2 Å². The molecule has 0 atom stereocenters. The highest BCUT2D eigenvalue weighted by Crippen LogP contribution is 2.28. The van der Waals surface area contributed by atoms with Crippen molar-refractivity contribution in [2.24, 2.45) is 0 Å². The third-order valence-corrected chi connectivity index (χ3v) is 3.97. The van der Waals surface area contributed by atoms with E-state index in [4.69, 9.17) is 4.74 Å². The summed E-state index contributed by atoms with van der Waals surface area (Å²) in [6.07, 6.45) is 1.66. The van der Waals surface area contributed by atoms with E-state index in [0.717, 1.165) is 43.4 Å². The zero-order chi connectivity index (χ0) is 16.9. The SMILES string of the molecule is COc1ccccc1N1CCN(c2nncc(NC(C)C)n2)CC1. The number of hydrogen-bond donors (Lipinski definition) is 1. The van der Waals surface area contributed by atoms with Gasteiger partial charge in [-0.25, -0.2) is 0 Å². The monoisotopic (exact) mass is 328 g/mol. The number of para-hydroxylation sites is 2. The van der Waals surface area contributed by atoms with E-state index in [1.165, 1.54) is 0 Å². The van der Waals surface area contributed by atoms with Gasteiger partial charge in [0.05, 0.1) is 19.0 Å². The van der Waals surface area contributed by atoms with Gasteiger partial charge < -0.3 is 19.9 Å². The fourth-order valence-electron chi connectivity index (χ4n) is 2.83. The van der Waals surface area contributed by atoms with Crippen molar-refractivity contribution in [1.29, 1.82) is 0 Å². The highest BCUT2D eigenvalue weighted by Gasteiger charge is 2.21. The molecule has 7 nitrogen and oxygen atoms in total. The van der Waals surface area contributed by atoms with Gasteiger partial charge in [0.25, 0.3) is 0 Å². The first kappa shape index (κ1) is 16.3. The Balaban J connectivity index is 1.67. The number of rotatable bonds is 5. The molecular formula is C17H24N6O. The quantitative estimate of drug-likeness (QED) is 0.901. The lowest BCUT2D eigenvalue weighted by Gasteiger charge is -2.36.